The third-order valence-corrected chi connectivity index (χ3v) is 5.41. The van der Waals surface area contributed by atoms with Crippen molar-refractivity contribution in [1.82, 2.24) is 14.7 Å². The number of nitrogens with two attached hydrogens (primary N) is 1. The number of rotatable bonds is 5. The molecule has 1 amide bonds. The van der Waals surface area contributed by atoms with Crippen LogP contribution in [0.1, 0.15) is 21.5 Å². The summed E-state index contributed by atoms with van der Waals surface area (Å²) in [6, 6.07) is 12.9. The van der Waals surface area contributed by atoms with E-state index in [2.05, 4.69) is 10.3 Å². The minimum atomic E-state index is -0.336. The molecule has 0 bridgehead atoms. The number of amides is 1. The van der Waals surface area contributed by atoms with E-state index in [9.17, 15) is 9.59 Å². The Morgan fingerprint density at radius 1 is 1.26 bits per heavy atom. The smallest absolute Gasteiger partial charge is 0.278 e. The SMILES string of the molecule is COc1ccc(CCNC(=O)c2cc3c(=O)n4cccc(C)c4nc3[n+](C)c2N)cc1. The Hall–Kier alpha value is -3.94. The fraction of sp³-hybridized carbons (Fsp3) is 0.217. The van der Waals surface area contributed by atoms with Gasteiger partial charge in [-0.2, -0.15) is 0 Å². The van der Waals surface area contributed by atoms with Crippen LogP contribution >= 0.6 is 0 Å². The van der Waals surface area contributed by atoms with Gasteiger partial charge in [-0.3, -0.25) is 14.0 Å². The number of carbonyl (C=O) groups excluding carboxylic acids is 1. The normalized spacial score (nSPS) is 11.1. The molecule has 0 atom stereocenters. The fourth-order valence-electron chi connectivity index (χ4n) is 3.59. The summed E-state index contributed by atoms with van der Waals surface area (Å²) >= 11 is 0. The van der Waals surface area contributed by atoms with E-state index < -0.39 is 0 Å². The minimum absolute atomic E-state index is 0.244. The number of methoxy groups -OCH3 is 1. The quantitative estimate of drug-likeness (QED) is 0.378. The van der Waals surface area contributed by atoms with Crippen molar-refractivity contribution in [3.63, 3.8) is 0 Å². The predicted octanol–water partition coefficient (Wildman–Crippen LogP) is 1.54. The molecule has 0 aliphatic carbocycles. The van der Waals surface area contributed by atoms with Gasteiger partial charge in [0, 0.05) is 18.3 Å². The van der Waals surface area contributed by atoms with Crippen LogP contribution in [-0.4, -0.2) is 28.9 Å². The number of nitrogens with one attached hydrogen (secondary N) is 1. The largest absolute Gasteiger partial charge is 0.497 e. The van der Waals surface area contributed by atoms with Gasteiger partial charge in [0.2, 0.25) is 11.5 Å². The van der Waals surface area contributed by atoms with Crippen LogP contribution in [0.5, 0.6) is 5.75 Å². The second-order valence-electron chi connectivity index (χ2n) is 7.40. The van der Waals surface area contributed by atoms with Crippen LogP contribution in [0.25, 0.3) is 16.7 Å². The third-order valence-electron chi connectivity index (χ3n) is 5.41. The first-order valence-electron chi connectivity index (χ1n) is 9.92. The molecule has 0 unspecified atom stereocenters. The summed E-state index contributed by atoms with van der Waals surface area (Å²) in [5.74, 6) is 0.698. The van der Waals surface area contributed by atoms with E-state index in [1.165, 1.54) is 10.5 Å². The highest BCUT2D eigenvalue weighted by Crippen LogP contribution is 2.15. The van der Waals surface area contributed by atoms with Crippen LogP contribution < -0.4 is 25.9 Å². The number of ether oxygens (including phenoxy) is 1. The molecule has 8 nitrogen and oxygen atoms in total. The van der Waals surface area contributed by atoms with Gasteiger partial charge in [-0.25, -0.2) is 4.57 Å². The molecule has 0 spiro atoms. The number of fused-ring (bicyclic) bond motifs is 2. The number of hydrogen-bond acceptors (Lipinski definition) is 5. The van der Waals surface area contributed by atoms with Crippen molar-refractivity contribution in [2.45, 2.75) is 13.3 Å². The van der Waals surface area contributed by atoms with Gasteiger partial charge >= 0.3 is 0 Å². The number of aromatic nitrogens is 3. The molecule has 4 rings (SSSR count). The molecule has 4 aromatic rings. The van der Waals surface area contributed by atoms with E-state index in [0.29, 0.717) is 29.6 Å². The Morgan fingerprint density at radius 2 is 2.00 bits per heavy atom. The highest BCUT2D eigenvalue weighted by molar-refractivity contribution is 6.00. The van der Waals surface area contributed by atoms with Crippen LogP contribution in [0, 0.1) is 6.92 Å². The average molecular weight is 418 g/mol. The van der Waals surface area contributed by atoms with Crippen molar-refractivity contribution in [2.24, 2.45) is 7.05 Å². The van der Waals surface area contributed by atoms with E-state index in [4.69, 9.17) is 10.5 Å². The zero-order valence-electron chi connectivity index (χ0n) is 17.7. The molecule has 0 radical (unpaired) electrons. The van der Waals surface area contributed by atoms with Gasteiger partial charge in [-0.05, 0) is 43.2 Å². The molecule has 158 valence electrons. The van der Waals surface area contributed by atoms with E-state index in [1.807, 2.05) is 37.3 Å². The van der Waals surface area contributed by atoms with Crippen LogP contribution in [-0.2, 0) is 13.5 Å². The van der Waals surface area contributed by atoms with Crippen molar-refractivity contribution in [3.8, 4) is 5.75 Å². The Kier molecular flexibility index (Phi) is 5.29. The Labute approximate surface area is 178 Å². The maximum atomic E-state index is 13.1. The van der Waals surface area contributed by atoms with Crippen LogP contribution in [0.15, 0.2) is 53.5 Å². The maximum absolute atomic E-state index is 13.1. The van der Waals surface area contributed by atoms with Gasteiger partial charge in [0.05, 0.1) is 14.2 Å². The topological polar surface area (TPSA) is 103 Å². The van der Waals surface area contributed by atoms with Gasteiger partial charge in [0.25, 0.3) is 17.1 Å². The summed E-state index contributed by atoms with van der Waals surface area (Å²) in [5.41, 5.74) is 9.18. The lowest BCUT2D eigenvalue weighted by Gasteiger charge is -2.10. The first-order valence-corrected chi connectivity index (χ1v) is 9.92. The molecule has 0 aliphatic rings. The first kappa shape index (κ1) is 20.3. The second-order valence-corrected chi connectivity index (χ2v) is 7.40. The summed E-state index contributed by atoms with van der Waals surface area (Å²) in [7, 11) is 3.32. The lowest BCUT2D eigenvalue weighted by molar-refractivity contribution is -0.632. The second kappa shape index (κ2) is 8.06. The van der Waals surface area contributed by atoms with Crippen molar-refractivity contribution in [3.05, 3.63) is 75.7 Å². The number of anilines is 1. The van der Waals surface area contributed by atoms with E-state index in [-0.39, 0.29) is 22.8 Å². The molecule has 3 heterocycles. The van der Waals surface area contributed by atoms with Crippen LogP contribution in [0.3, 0.4) is 0 Å². The zero-order valence-corrected chi connectivity index (χ0v) is 17.7. The average Bonchev–Trinajstić information content (AvgIpc) is 2.77. The summed E-state index contributed by atoms with van der Waals surface area (Å²) in [5, 5.41) is 3.22. The fourth-order valence-corrected chi connectivity index (χ4v) is 3.59. The van der Waals surface area contributed by atoms with Crippen LogP contribution in [0.2, 0.25) is 0 Å². The molecule has 0 aliphatic heterocycles. The molecule has 31 heavy (non-hydrogen) atoms. The molecule has 3 aromatic heterocycles. The molecule has 0 saturated heterocycles. The highest BCUT2D eigenvalue weighted by atomic mass is 16.5. The summed E-state index contributed by atoms with van der Waals surface area (Å²) in [6.07, 6.45) is 2.32. The molecular formula is C23H24N5O3+. The number of hydrogen-bond donors (Lipinski definition) is 2. The maximum Gasteiger partial charge on any atom is 0.278 e. The van der Waals surface area contributed by atoms with Crippen molar-refractivity contribution in [1.29, 1.82) is 0 Å². The van der Waals surface area contributed by atoms with Crippen LogP contribution in [0.4, 0.5) is 5.82 Å². The van der Waals surface area contributed by atoms with Crippen molar-refractivity contribution in [2.75, 3.05) is 19.4 Å². The molecular weight excluding hydrogens is 394 g/mol. The van der Waals surface area contributed by atoms with E-state index in [1.54, 1.807) is 31.0 Å². The molecule has 0 fully saturated rings. The van der Waals surface area contributed by atoms with Gasteiger partial charge in [0.15, 0.2) is 0 Å². The molecule has 1 aromatic carbocycles. The van der Waals surface area contributed by atoms with Crippen molar-refractivity contribution >= 4 is 28.4 Å². The van der Waals surface area contributed by atoms with Gasteiger partial charge in [0.1, 0.15) is 16.7 Å². The third kappa shape index (κ3) is 3.68. The number of nitrogen functional groups attached to an aromatic ring is 1. The van der Waals surface area contributed by atoms with Gasteiger partial charge in [-0.1, -0.05) is 23.2 Å². The Morgan fingerprint density at radius 3 is 2.71 bits per heavy atom. The summed E-state index contributed by atoms with van der Waals surface area (Å²) in [6.45, 7) is 2.32. The number of carbonyl (C=O) groups is 1. The number of pyridine rings is 2. The van der Waals surface area contributed by atoms with Gasteiger partial charge in [-0.15, -0.1) is 0 Å². The lowest BCUT2D eigenvalue weighted by Crippen LogP contribution is -2.39. The molecule has 3 N–H and O–H groups in total. The Balaban J connectivity index is 1.64. The summed E-state index contributed by atoms with van der Waals surface area (Å²) in [4.78, 5) is 30.5. The molecule has 0 saturated carbocycles. The lowest BCUT2D eigenvalue weighted by atomic mass is 10.1. The zero-order chi connectivity index (χ0) is 22.1. The van der Waals surface area contributed by atoms with E-state index >= 15 is 0 Å². The van der Waals surface area contributed by atoms with E-state index in [0.717, 1.165) is 16.9 Å². The number of nitrogens with zero attached hydrogens (tertiary/aromatic N) is 3. The minimum Gasteiger partial charge on any atom is -0.497 e. The predicted molar refractivity (Wildman–Crippen MR) is 118 cm³/mol. The number of aryl methyl sites for hydroxylation is 2. The van der Waals surface area contributed by atoms with Gasteiger partial charge < -0.3 is 15.8 Å². The Bertz CT molecular complexity index is 1360. The molecule has 8 heteroatoms. The number of benzene rings is 1. The monoisotopic (exact) mass is 418 g/mol. The van der Waals surface area contributed by atoms with Crippen molar-refractivity contribution < 1.29 is 14.1 Å². The highest BCUT2D eigenvalue weighted by Gasteiger charge is 2.22. The summed E-state index contributed by atoms with van der Waals surface area (Å²) < 4.78 is 8.22. The standard InChI is InChI=1S/C23H23N5O3/c1-14-5-4-12-28-20(14)26-21-18(23(28)30)13-17(19(24)27(21)2)22(29)25-11-10-15-6-8-16(31-3)9-7-15/h4-9,12-13,24H,10-11H2,1-3H3,(H,25,29)/p+1. The first-order chi connectivity index (χ1) is 14.9.